The number of nitrogens with one attached hydrogen (secondary N) is 1. The van der Waals surface area contributed by atoms with Gasteiger partial charge in [-0.25, -0.2) is 0 Å². The van der Waals surface area contributed by atoms with Crippen molar-refractivity contribution in [3.05, 3.63) is 34.2 Å². The lowest BCUT2D eigenvalue weighted by Gasteiger charge is -2.33. The highest BCUT2D eigenvalue weighted by molar-refractivity contribution is 5.92. The molecule has 7 heteroatoms. The first kappa shape index (κ1) is 13.6. The SMILES string of the molecule is O=C(c1cccc(=O)[nH]1)N1CCCC(C(F)(F)F)C1. The van der Waals surface area contributed by atoms with E-state index in [0.29, 0.717) is 6.42 Å². The Balaban J connectivity index is 2.14. The van der Waals surface area contributed by atoms with Gasteiger partial charge in [0.25, 0.3) is 5.91 Å². The van der Waals surface area contributed by atoms with Gasteiger partial charge in [-0.15, -0.1) is 0 Å². The zero-order valence-electron chi connectivity index (χ0n) is 10.0. The van der Waals surface area contributed by atoms with Gasteiger partial charge in [0.1, 0.15) is 5.69 Å². The first-order valence-corrected chi connectivity index (χ1v) is 5.93. The van der Waals surface area contributed by atoms with Crippen molar-refractivity contribution in [2.24, 2.45) is 5.92 Å². The number of carbonyl (C=O) groups is 1. The molecule has 19 heavy (non-hydrogen) atoms. The van der Waals surface area contributed by atoms with Crippen molar-refractivity contribution in [2.45, 2.75) is 19.0 Å². The van der Waals surface area contributed by atoms with Crippen LogP contribution in [0.4, 0.5) is 13.2 Å². The van der Waals surface area contributed by atoms with Crippen LogP contribution in [0.3, 0.4) is 0 Å². The fraction of sp³-hybridized carbons (Fsp3) is 0.500. The summed E-state index contributed by atoms with van der Waals surface area (Å²) in [7, 11) is 0. The molecule has 0 spiro atoms. The Bertz CT molecular complexity index is 524. The highest BCUT2D eigenvalue weighted by Crippen LogP contribution is 2.33. The van der Waals surface area contributed by atoms with Gasteiger partial charge >= 0.3 is 6.18 Å². The molecule has 0 bridgehead atoms. The maximum absolute atomic E-state index is 12.6. The van der Waals surface area contributed by atoms with Crippen LogP contribution in [0.2, 0.25) is 0 Å². The molecule has 0 aromatic carbocycles. The number of amides is 1. The van der Waals surface area contributed by atoms with Crippen molar-refractivity contribution in [1.82, 2.24) is 9.88 Å². The van der Waals surface area contributed by atoms with Crippen LogP contribution in [0.1, 0.15) is 23.3 Å². The number of halogens is 3. The predicted molar refractivity (Wildman–Crippen MR) is 61.7 cm³/mol. The minimum Gasteiger partial charge on any atom is -0.337 e. The molecule has 1 fully saturated rings. The minimum atomic E-state index is -4.29. The summed E-state index contributed by atoms with van der Waals surface area (Å²) < 4.78 is 37.9. The van der Waals surface area contributed by atoms with E-state index in [1.54, 1.807) is 0 Å². The maximum atomic E-state index is 12.6. The Morgan fingerprint density at radius 3 is 2.74 bits per heavy atom. The van der Waals surface area contributed by atoms with Crippen molar-refractivity contribution in [1.29, 1.82) is 0 Å². The second kappa shape index (κ2) is 5.07. The van der Waals surface area contributed by atoms with Crippen molar-refractivity contribution < 1.29 is 18.0 Å². The summed E-state index contributed by atoms with van der Waals surface area (Å²) in [4.78, 5) is 26.6. The fourth-order valence-electron chi connectivity index (χ4n) is 2.17. The molecule has 1 atom stereocenters. The molecule has 0 saturated carbocycles. The molecule has 4 nitrogen and oxygen atoms in total. The second-order valence-electron chi connectivity index (χ2n) is 4.56. The normalized spacial score (nSPS) is 20.4. The molecule has 104 valence electrons. The molecular weight excluding hydrogens is 261 g/mol. The summed E-state index contributed by atoms with van der Waals surface area (Å²) in [5.74, 6) is -2.05. The van der Waals surface area contributed by atoms with E-state index in [2.05, 4.69) is 4.98 Å². The van der Waals surface area contributed by atoms with Gasteiger partial charge in [0.15, 0.2) is 0 Å². The van der Waals surface area contributed by atoms with E-state index < -0.39 is 23.6 Å². The number of rotatable bonds is 1. The number of hydrogen-bond acceptors (Lipinski definition) is 2. The number of alkyl halides is 3. The number of likely N-dealkylation sites (tertiary alicyclic amines) is 1. The first-order chi connectivity index (χ1) is 8.88. The number of aromatic amines is 1. The zero-order valence-corrected chi connectivity index (χ0v) is 10.0. The molecule has 1 aromatic heterocycles. The zero-order chi connectivity index (χ0) is 14.0. The van der Waals surface area contributed by atoms with Gasteiger partial charge in [0.05, 0.1) is 5.92 Å². The van der Waals surface area contributed by atoms with Gasteiger partial charge in [-0.05, 0) is 18.9 Å². The number of H-pyrrole nitrogens is 1. The summed E-state index contributed by atoms with van der Waals surface area (Å²) in [6, 6.07) is 4.03. The van der Waals surface area contributed by atoms with Crippen molar-refractivity contribution in [3.63, 3.8) is 0 Å². The molecule has 1 saturated heterocycles. The number of pyridine rings is 1. The summed E-state index contributed by atoms with van der Waals surface area (Å²) >= 11 is 0. The number of hydrogen-bond donors (Lipinski definition) is 1. The van der Waals surface area contributed by atoms with E-state index in [0.717, 1.165) is 4.90 Å². The van der Waals surface area contributed by atoms with Gasteiger partial charge in [0.2, 0.25) is 5.56 Å². The van der Waals surface area contributed by atoms with Gasteiger partial charge in [-0.3, -0.25) is 9.59 Å². The van der Waals surface area contributed by atoms with Crippen molar-refractivity contribution in [3.8, 4) is 0 Å². The van der Waals surface area contributed by atoms with Gasteiger partial charge in [0, 0.05) is 19.2 Å². The third-order valence-corrected chi connectivity index (χ3v) is 3.17. The molecule has 1 unspecified atom stereocenters. The van der Waals surface area contributed by atoms with Crippen LogP contribution in [0.5, 0.6) is 0 Å². The molecule has 0 radical (unpaired) electrons. The van der Waals surface area contributed by atoms with Crippen LogP contribution >= 0.6 is 0 Å². The number of nitrogens with zero attached hydrogens (tertiary/aromatic N) is 1. The highest BCUT2D eigenvalue weighted by atomic mass is 19.4. The van der Waals surface area contributed by atoms with Crippen LogP contribution in [0.25, 0.3) is 0 Å². The van der Waals surface area contributed by atoms with Crippen LogP contribution in [-0.4, -0.2) is 35.1 Å². The van der Waals surface area contributed by atoms with E-state index in [9.17, 15) is 22.8 Å². The van der Waals surface area contributed by atoms with Crippen LogP contribution in [0, 0.1) is 5.92 Å². The Morgan fingerprint density at radius 2 is 2.11 bits per heavy atom. The topological polar surface area (TPSA) is 53.2 Å². The smallest absolute Gasteiger partial charge is 0.337 e. The predicted octanol–water partition coefficient (Wildman–Crippen LogP) is 1.79. The van der Waals surface area contributed by atoms with Gasteiger partial charge in [-0.1, -0.05) is 6.07 Å². The molecular formula is C12H13F3N2O2. The summed E-state index contributed by atoms with van der Waals surface area (Å²) in [5.41, 5.74) is -0.425. The summed E-state index contributed by atoms with van der Waals surface area (Å²) in [6.45, 7) is -0.0679. The van der Waals surface area contributed by atoms with E-state index in [4.69, 9.17) is 0 Å². The second-order valence-corrected chi connectivity index (χ2v) is 4.56. The quantitative estimate of drug-likeness (QED) is 0.848. The molecule has 2 rings (SSSR count). The van der Waals surface area contributed by atoms with Crippen molar-refractivity contribution in [2.75, 3.05) is 13.1 Å². The molecule has 1 aromatic rings. The van der Waals surface area contributed by atoms with Crippen LogP contribution in [-0.2, 0) is 0 Å². The third-order valence-electron chi connectivity index (χ3n) is 3.17. The lowest BCUT2D eigenvalue weighted by Crippen LogP contribution is -2.45. The molecule has 1 amide bonds. The Labute approximate surface area is 107 Å². The summed E-state index contributed by atoms with van der Waals surface area (Å²) in [5, 5.41) is 0. The van der Waals surface area contributed by atoms with E-state index in [1.165, 1.54) is 18.2 Å². The lowest BCUT2D eigenvalue weighted by molar-refractivity contribution is -0.184. The lowest BCUT2D eigenvalue weighted by atomic mass is 9.97. The van der Waals surface area contributed by atoms with E-state index >= 15 is 0 Å². The average Bonchev–Trinajstić information content (AvgIpc) is 2.37. The molecule has 2 heterocycles. The van der Waals surface area contributed by atoms with E-state index in [1.807, 2.05) is 0 Å². The largest absolute Gasteiger partial charge is 0.393 e. The van der Waals surface area contributed by atoms with Crippen LogP contribution < -0.4 is 5.56 Å². The fourth-order valence-corrected chi connectivity index (χ4v) is 2.17. The Morgan fingerprint density at radius 1 is 1.37 bits per heavy atom. The van der Waals surface area contributed by atoms with Crippen LogP contribution in [0.15, 0.2) is 23.0 Å². The molecule has 1 N–H and O–H groups in total. The highest BCUT2D eigenvalue weighted by Gasteiger charge is 2.42. The number of carbonyl (C=O) groups excluding carboxylic acids is 1. The van der Waals surface area contributed by atoms with E-state index in [-0.39, 0.29) is 25.2 Å². The maximum Gasteiger partial charge on any atom is 0.393 e. The van der Waals surface area contributed by atoms with Gasteiger partial charge < -0.3 is 9.88 Å². The summed E-state index contributed by atoms with van der Waals surface area (Å²) in [6.07, 6.45) is -3.94. The van der Waals surface area contributed by atoms with Crippen molar-refractivity contribution >= 4 is 5.91 Å². The number of aromatic nitrogens is 1. The Kier molecular flexibility index (Phi) is 3.64. The first-order valence-electron chi connectivity index (χ1n) is 5.93. The Hall–Kier alpha value is -1.79. The monoisotopic (exact) mass is 274 g/mol. The minimum absolute atomic E-state index is 0.0234. The standard InChI is InChI=1S/C12H13F3N2O2/c13-12(14,15)8-3-2-6-17(7-8)11(19)9-4-1-5-10(18)16-9/h1,4-5,8H,2-3,6-7H2,(H,16,18). The third kappa shape index (κ3) is 3.15. The number of piperidine rings is 1. The molecule has 1 aliphatic rings. The molecule has 0 aliphatic carbocycles. The van der Waals surface area contributed by atoms with Gasteiger partial charge in [-0.2, -0.15) is 13.2 Å². The molecule has 1 aliphatic heterocycles. The average molecular weight is 274 g/mol.